The van der Waals surface area contributed by atoms with Crippen LogP contribution in [0.4, 0.5) is 0 Å². The van der Waals surface area contributed by atoms with Gasteiger partial charge >= 0.3 is 5.69 Å². The molecule has 0 N–H and O–H groups in total. The van der Waals surface area contributed by atoms with E-state index in [1.807, 2.05) is 71.7 Å². The highest BCUT2D eigenvalue weighted by Gasteiger charge is 2.18. The van der Waals surface area contributed by atoms with E-state index >= 15 is 0 Å². The van der Waals surface area contributed by atoms with Gasteiger partial charge in [0.1, 0.15) is 6.33 Å². The minimum Gasteiger partial charge on any atom is -0.301 e. The lowest BCUT2D eigenvalue weighted by molar-refractivity contribution is 0.198. The molecule has 0 bridgehead atoms. The lowest BCUT2D eigenvalue weighted by Gasteiger charge is -2.28. The molecule has 0 unspecified atom stereocenters. The van der Waals surface area contributed by atoms with Crippen LogP contribution in [0.1, 0.15) is 12.8 Å². The zero-order valence-electron chi connectivity index (χ0n) is 17.8. The molecule has 5 rings (SSSR count). The molecule has 0 saturated carbocycles. The van der Waals surface area contributed by atoms with Crippen molar-refractivity contribution in [3.63, 3.8) is 0 Å². The molecule has 0 aliphatic carbocycles. The SMILES string of the molecule is N#CC1CCN(CCn2ccc(-c3ccc4c(c3)ncn4-c3ccccc3)nc2=O)CC1. The Morgan fingerprint density at radius 1 is 1.03 bits per heavy atom. The molecule has 3 heterocycles. The number of nitrogens with zero attached hydrogens (tertiary/aromatic N) is 6. The minimum atomic E-state index is -0.246. The Kier molecular flexibility index (Phi) is 5.53. The summed E-state index contributed by atoms with van der Waals surface area (Å²) in [5.74, 6) is 0.173. The van der Waals surface area contributed by atoms with Crippen molar-refractivity contribution in [3.8, 4) is 23.0 Å². The van der Waals surface area contributed by atoms with E-state index in [1.54, 1.807) is 4.57 Å². The summed E-state index contributed by atoms with van der Waals surface area (Å²) in [5.41, 5.74) is 4.20. The van der Waals surface area contributed by atoms with Gasteiger partial charge in [0, 0.05) is 36.5 Å². The average Bonchev–Trinajstić information content (AvgIpc) is 3.27. The number of hydrogen-bond donors (Lipinski definition) is 0. The molecule has 1 saturated heterocycles. The zero-order chi connectivity index (χ0) is 21.9. The topological polar surface area (TPSA) is 79.7 Å². The summed E-state index contributed by atoms with van der Waals surface area (Å²) >= 11 is 0. The normalized spacial score (nSPS) is 15.1. The first-order chi connectivity index (χ1) is 15.7. The lowest BCUT2D eigenvalue weighted by Crippen LogP contribution is -2.37. The summed E-state index contributed by atoms with van der Waals surface area (Å²) in [5, 5.41) is 9.03. The summed E-state index contributed by atoms with van der Waals surface area (Å²) < 4.78 is 3.70. The Balaban J connectivity index is 1.32. The van der Waals surface area contributed by atoms with Gasteiger partial charge in [-0.3, -0.25) is 9.13 Å². The van der Waals surface area contributed by atoms with Crippen molar-refractivity contribution in [1.29, 1.82) is 5.26 Å². The molecule has 0 spiro atoms. The first kappa shape index (κ1) is 20.2. The Morgan fingerprint density at radius 3 is 2.59 bits per heavy atom. The van der Waals surface area contributed by atoms with Crippen LogP contribution in [0.2, 0.25) is 0 Å². The van der Waals surface area contributed by atoms with Gasteiger partial charge in [0.15, 0.2) is 0 Å². The molecule has 1 aliphatic rings. The molecule has 2 aromatic carbocycles. The highest BCUT2D eigenvalue weighted by atomic mass is 16.1. The van der Waals surface area contributed by atoms with Crippen LogP contribution >= 0.6 is 0 Å². The second-order valence-corrected chi connectivity index (χ2v) is 8.19. The van der Waals surface area contributed by atoms with E-state index in [9.17, 15) is 4.79 Å². The standard InChI is InChI=1S/C25H24N6O/c26-17-19-8-11-29(12-9-19)14-15-30-13-10-22(28-25(30)32)20-6-7-24-23(16-20)27-18-31(24)21-4-2-1-3-5-21/h1-7,10,13,16,18-19H,8-9,11-12,14-15H2. The molecule has 0 atom stereocenters. The van der Waals surface area contributed by atoms with Gasteiger partial charge in [-0.15, -0.1) is 0 Å². The second-order valence-electron chi connectivity index (χ2n) is 8.19. The van der Waals surface area contributed by atoms with Gasteiger partial charge in [-0.05, 0) is 56.3 Å². The highest BCUT2D eigenvalue weighted by molar-refractivity contribution is 5.82. The third-order valence-electron chi connectivity index (χ3n) is 6.18. The minimum absolute atomic E-state index is 0.173. The van der Waals surface area contributed by atoms with E-state index in [0.29, 0.717) is 12.2 Å². The number of para-hydroxylation sites is 1. The number of piperidine rings is 1. The fourth-order valence-corrected chi connectivity index (χ4v) is 4.26. The number of nitriles is 1. The van der Waals surface area contributed by atoms with Gasteiger partial charge in [-0.2, -0.15) is 10.2 Å². The summed E-state index contributed by atoms with van der Waals surface area (Å²) in [4.78, 5) is 23.8. The maximum Gasteiger partial charge on any atom is 0.348 e. The van der Waals surface area contributed by atoms with Crippen LogP contribution in [0.15, 0.2) is 71.9 Å². The van der Waals surface area contributed by atoms with Crippen LogP contribution < -0.4 is 5.69 Å². The number of benzene rings is 2. The van der Waals surface area contributed by atoms with Gasteiger partial charge in [0.25, 0.3) is 0 Å². The number of hydrogen-bond acceptors (Lipinski definition) is 5. The Hall–Kier alpha value is -3.76. The molecule has 4 aromatic rings. The predicted molar refractivity (Wildman–Crippen MR) is 123 cm³/mol. The maximum absolute atomic E-state index is 12.6. The summed E-state index contributed by atoms with van der Waals surface area (Å²) in [6, 6.07) is 20.3. The van der Waals surface area contributed by atoms with Crippen LogP contribution in [0, 0.1) is 17.2 Å². The third-order valence-corrected chi connectivity index (χ3v) is 6.18. The molecule has 0 amide bonds. The maximum atomic E-state index is 12.6. The van der Waals surface area contributed by atoms with Crippen molar-refractivity contribution in [2.24, 2.45) is 5.92 Å². The molecule has 0 radical (unpaired) electrons. The van der Waals surface area contributed by atoms with E-state index in [-0.39, 0.29) is 11.6 Å². The molecule has 7 nitrogen and oxygen atoms in total. The monoisotopic (exact) mass is 424 g/mol. The van der Waals surface area contributed by atoms with E-state index < -0.39 is 0 Å². The fourth-order valence-electron chi connectivity index (χ4n) is 4.26. The molecular weight excluding hydrogens is 400 g/mol. The molecule has 160 valence electrons. The fraction of sp³-hybridized carbons (Fsp3) is 0.280. The highest BCUT2D eigenvalue weighted by Crippen LogP contribution is 2.24. The predicted octanol–water partition coefficient (Wildman–Crippen LogP) is 3.48. The van der Waals surface area contributed by atoms with Crippen LogP contribution in [0.3, 0.4) is 0 Å². The Bertz CT molecular complexity index is 1330. The molecule has 2 aromatic heterocycles. The van der Waals surface area contributed by atoms with Gasteiger partial charge in [0.05, 0.1) is 22.8 Å². The number of imidazole rings is 1. The summed E-state index contributed by atoms with van der Waals surface area (Å²) in [6.45, 7) is 3.22. The number of aromatic nitrogens is 4. The van der Waals surface area contributed by atoms with Crippen molar-refractivity contribution in [3.05, 3.63) is 77.6 Å². The number of rotatable bonds is 5. The van der Waals surface area contributed by atoms with Crippen LogP contribution in [-0.4, -0.2) is 43.6 Å². The smallest absolute Gasteiger partial charge is 0.301 e. The lowest BCUT2D eigenvalue weighted by atomic mass is 9.99. The summed E-state index contributed by atoms with van der Waals surface area (Å²) in [7, 11) is 0. The van der Waals surface area contributed by atoms with Crippen molar-refractivity contribution < 1.29 is 0 Å². The van der Waals surface area contributed by atoms with Gasteiger partial charge < -0.3 is 4.90 Å². The molecular formula is C25H24N6O. The van der Waals surface area contributed by atoms with Gasteiger partial charge in [-0.25, -0.2) is 9.78 Å². The second kappa shape index (κ2) is 8.77. The zero-order valence-corrected chi connectivity index (χ0v) is 17.8. The number of fused-ring (bicyclic) bond motifs is 1. The Morgan fingerprint density at radius 2 is 1.84 bits per heavy atom. The van der Waals surface area contributed by atoms with Gasteiger partial charge in [-0.1, -0.05) is 24.3 Å². The van der Waals surface area contributed by atoms with E-state index in [0.717, 1.165) is 54.8 Å². The quantitative estimate of drug-likeness (QED) is 0.490. The van der Waals surface area contributed by atoms with Crippen LogP contribution in [-0.2, 0) is 6.54 Å². The van der Waals surface area contributed by atoms with Crippen LogP contribution in [0.5, 0.6) is 0 Å². The van der Waals surface area contributed by atoms with E-state index in [2.05, 4.69) is 20.9 Å². The largest absolute Gasteiger partial charge is 0.348 e. The van der Waals surface area contributed by atoms with Crippen LogP contribution in [0.25, 0.3) is 28.0 Å². The first-order valence-electron chi connectivity index (χ1n) is 10.9. The molecule has 7 heteroatoms. The van der Waals surface area contributed by atoms with Crippen molar-refractivity contribution in [1.82, 2.24) is 24.0 Å². The molecule has 1 aliphatic heterocycles. The first-order valence-corrected chi connectivity index (χ1v) is 10.9. The van der Waals surface area contributed by atoms with E-state index in [1.165, 1.54) is 0 Å². The summed E-state index contributed by atoms with van der Waals surface area (Å²) in [6.07, 6.45) is 5.45. The number of likely N-dealkylation sites (tertiary alicyclic amines) is 1. The third kappa shape index (κ3) is 4.05. The van der Waals surface area contributed by atoms with E-state index in [4.69, 9.17) is 5.26 Å². The van der Waals surface area contributed by atoms with Crippen molar-refractivity contribution in [2.75, 3.05) is 19.6 Å². The molecule has 32 heavy (non-hydrogen) atoms. The molecule has 1 fully saturated rings. The van der Waals surface area contributed by atoms with Crippen molar-refractivity contribution in [2.45, 2.75) is 19.4 Å². The van der Waals surface area contributed by atoms with Crippen molar-refractivity contribution >= 4 is 11.0 Å². The van der Waals surface area contributed by atoms with Gasteiger partial charge in [0.2, 0.25) is 0 Å². The average molecular weight is 425 g/mol. The Labute approximate surface area is 186 Å².